The summed E-state index contributed by atoms with van der Waals surface area (Å²) in [4.78, 5) is 23.0. The molecule has 0 spiro atoms. The van der Waals surface area contributed by atoms with E-state index in [9.17, 15) is 9.59 Å². The Morgan fingerprint density at radius 3 is 2.45 bits per heavy atom. The van der Waals surface area contributed by atoms with E-state index in [1.54, 1.807) is 37.4 Å². The van der Waals surface area contributed by atoms with Gasteiger partial charge < -0.3 is 15.7 Å². The quantitative estimate of drug-likeness (QED) is 0.677. The van der Waals surface area contributed by atoms with E-state index in [0.29, 0.717) is 12.0 Å². The Labute approximate surface area is 118 Å². The maximum atomic E-state index is 11.6. The fourth-order valence-electron chi connectivity index (χ4n) is 1.59. The Morgan fingerprint density at radius 2 is 1.95 bits per heavy atom. The Hall–Kier alpha value is -2.14. The maximum Gasteiger partial charge on any atom is 0.251 e. The van der Waals surface area contributed by atoms with Gasteiger partial charge in [0.2, 0.25) is 5.91 Å². The first kappa shape index (κ1) is 15.9. The predicted molar refractivity (Wildman–Crippen MR) is 78.2 cm³/mol. The summed E-state index contributed by atoms with van der Waals surface area (Å²) in [5, 5.41) is 14.2. The Morgan fingerprint density at radius 1 is 1.30 bits per heavy atom. The van der Waals surface area contributed by atoms with E-state index in [1.807, 2.05) is 6.92 Å². The number of aliphatic hydroxyl groups is 1. The van der Waals surface area contributed by atoms with Gasteiger partial charge in [0.05, 0.1) is 12.6 Å². The molecule has 0 bridgehead atoms. The first-order valence-corrected chi connectivity index (χ1v) is 6.52. The molecule has 1 aromatic rings. The number of benzene rings is 1. The summed E-state index contributed by atoms with van der Waals surface area (Å²) in [7, 11) is 1.58. The van der Waals surface area contributed by atoms with Crippen molar-refractivity contribution in [3.05, 3.63) is 41.5 Å². The van der Waals surface area contributed by atoms with Crippen LogP contribution in [0.25, 0.3) is 6.08 Å². The zero-order chi connectivity index (χ0) is 15.0. The molecule has 0 aliphatic rings. The molecule has 1 unspecified atom stereocenters. The van der Waals surface area contributed by atoms with E-state index in [1.165, 1.54) is 6.08 Å². The minimum absolute atomic E-state index is 0.0725. The second-order valence-corrected chi connectivity index (χ2v) is 4.33. The molecule has 3 N–H and O–H groups in total. The first-order valence-electron chi connectivity index (χ1n) is 6.52. The molecule has 1 aromatic carbocycles. The third-order valence-corrected chi connectivity index (χ3v) is 2.89. The lowest BCUT2D eigenvalue weighted by Gasteiger charge is -2.11. The topological polar surface area (TPSA) is 78.4 Å². The van der Waals surface area contributed by atoms with Crippen LogP contribution in [0.3, 0.4) is 0 Å². The number of hydrogen-bond donors (Lipinski definition) is 3. The minimum atomic E-state index is -0.249. The maximum absolute atomic E-state index is 11.6. The van der Waals surface area contributed by atoms with Crippen LogP contribution >= 0.6 is 0 Å². The van der Waals surface area contributed by atoms with Gasteiger partial charge in [-0.15, -0.1) is 0 Å². The van der Waals surface area contributed by atoms with Gasteiger partial charge in [0.25, 0.3) is 5.91 Å². The fraction of sp³-hybridized carbons (Fsp3) is 0.333. The van der Waals surface area contributed by atoms with Gasteiger partial charge in [-0.3, -0.25) is 9.59 Å². The molecule has 0 saturated heterocycles. The third kappa shape index (κ3) is 4.85. The van der Waals surface area contributed by atoms with Gasteiger partial charge in [0, 0.05) is 18.7 Å². The van der Waals surface area contributed by atoms with Gasteiger partial charge in [-0.05, 0) is 30.2 Å². The number of carbonyl (C=O) groups excluding carboxylic acids is 2. The van der Waals surface area contributed by atoms with Crippen molar-refractivity contribution < 1.29 is 14.7 Å². The summed E-state index contributed by atoms with van der Waals surface area (Å²) in [5.41, 5.74) is 1.39. The molecule has 0 heterocycles. The summed E-state index contributed by atoms with van der Waals surface area (Å²) in [6, 6.07) is 6.69. The highest BCUT2D eigenvalue weighted by molar-refractivity contribution is 5.94. The molecular formula is C15H20N2O3. The SMILES string of the molecule is CCC(CO)NC(=O)/C=C/c1ccc(C(=O)NC)cc1. The van der Waals surface area contributed by atoms with Crippen molar-refractivity contribution in [1.82, 2.24) is 10.6 Å². The highest BCUT2D eigenvalue weighted by Crippen LogP contribution is 2.06. The van der Waals surface area contributed by atoms with Crippen molar-refractivity contribution in [3.8, 4) is 0 Å². The molecule has 0 fully saturated rings. The minimum Gasteiger partial charge on any atom is -0.394 e. The number of carbonyl (C=O) groups is 2. The van der Waals surface area contributed by atoms with Crippen molar-refractivity contribution in [1.29, 1.82) is 0 Å². The van der Waals surface area contributed by atoms with E-state index < -0.39 is 0 Å². The molecule has 0 aromatic heterocycles. The average Bonchev–Trinajstić information content (AvgIpc) is 2.50. The van der Waals surface area contributed by atoms with Crippen molar-refractivity contribution in [3.63, 3.8) is 0 Å². The Bertz CT molecular complexity index is 476. The summed E-state index contributed by atoms with van der Waals surface area (Å²) >= 11 is 0. The second-order valence-electron chi connectivity index (χ2n) is 4.33. The van der Waals surface area contributed by atoms with Gasteiger partial charge in [0.15, 0.2) is 0 Å². The van der Waals surface area contributed by atoms with Crippen molar-refractivity contribution in [2.24, 2.45) is 0 Å². The monoisotopic (exact) mass is 276 g/mol. The molecule has 5 nitrogen and oxygen atoms in total. The highest BCUT2D eigenvalue weighted by atomic mass is 16.3. The first-order chi connectivity index (χ1) is 9.60. The number of rotatable bonds is 6. The summed E-state index contributed by atoms with van der Waals surface area (Å²) in [5.74, 6) is -0.395. The molecule has 0 aliphatic carbocycles. The molecular weight excluding hydrogens is 256 g/mol. The Kier molecular flexibility index (Phi) is 6.46. The van der Waals surface area contributed by atoms with Crippen LogP contribution in [0.1, 0.15) is 29.3 Å². The molecule has 108 valence electrons. The summed E-state index contributed by atoms with van der Waals surface area (Å²) < 4.78 is 0. The highest BCUT2D eigenvalue weighted by Gasteiger charge is 2.06. The van der Waals surface area contributed by atoms with Crippen LogP contribution in [-0.2, 0) is 4.79 Å². The van der Waals surface area contributed by atoms with Crippen LogP contribution in [0, 0.1) is 0 Å². The van der Waals surface area contributed by atoms with Gasteiger partial charge in [-0.25, -0.2) is 0 Å². The Balaban J connectivity index is 2.62. The molecule has 5 heteroatoms. The number of hydrogen-bond acceptors (Lipinski definition) is 3. The smallest absolute Gasteiger partial charge is 0.251 e. The molecule has 20 heavy (non-hydrogen) atoms. The molecule has 1 atom stereocenters. The molecule has 0 radical (unpaired) electrons. The van der Waals surface area contributed by atoms with Crippen molar-refractivity contribution in [2.45, 2.75) is 19.4 Å². The fourth-order valence-corrected chi connectivity index (χ4v) is 1.59. The van der Waals surface area contributed by atoms with Crippen LogP contribution < -0.4 is 10.6 Å². The van der Waals surface area contributed by atoms with Crippen LogP contribution in [0.15, 0.2) is 30.3 Å². The van der Waals surface area contributed by atoms with E-state index in [2.05, 4.69) is 10.6 Å². The van der Waals surface area contributed by atoms with Crippen LogP contribution in [0.4, 0.5) is 0 Å². The van der Waals surface area contributed by atoms with Gasteiger partial charge in [0.1, 0.15) is 0 Å². The van der Waals surface area contributed by atoms with Crippen LogP contribution in [0.5, 0.6) is 0 Å². The van der Waals surface area contributed by atoms with Crippen LogP contribution in [-0.4, -0.2) is 36.6 Å². The lowest BCUT2D eigenvalue weighted by Crippen LogP contribution is -2.35. The zero-order valence-electron chi connectivity index (χ0n) is 11.7. The zero-order valence-corrected chi connectivity index (χ0v) is 11.7. The number of amides is 2. The van der Waals surface area contributed by atoms with Gasteiger partial charge in [-0.1, -0.05) is 19.1 Å². The van der Waals surface area contributed by atoms with Gasteiger partial charge in [-0.2, -0.15) is 0 Å². The molecule has 2 amide bonds. The lowest BCUT2D eigenvalue weighted by atomic mass is 10.1. The molecule has 1 rings (SSSR count). The van der Waals surface area contributed by atoms with Crippen LogP contribution in [0.2, 0.25) is 0 Å². The van der Waals surface area contributed by atoms with Gasteiger partial charge >= 0.3 is 0 Å². The number of nitrogens with one attached hydrogen (secondary N) is 2. The second kappa shape index (κ2) is 8.12. The third-order valence-electron chi connectivity index (χ3n) is 2.89. The van der Waals surface area contributed by atoms with E-state index in [4.69, 9.17) is 5.11 Å². The molecule has 0 saturated carbocycles. The van der Waals surface area contributed by atoms with E-state index >= 15 is 0 Å². The molecule has 0 aliphatic heterocycles. The van der Waals surface area contributed by atoms with E-state index in [-0.39, 0.29) is 24.5 Å². The number of aliphatic hydroxyl groups excluding tert-OH is 1. The average molecular weight is 276 g/mol. The normalized spacial score (nSPS) is 12.2. The summed E-state index contributed by atoms with van der Waals surface area (Å²) in [6.45, 7) is 1.82. The predicted octanol–water partition coefficient (Wildman–Crippen LogP) is 0.946. The van der Waals surface area contributed by atoms with Crippen molar-refractivity contribution in [2.75, 3.05) is 13.7 Å². The summed E-state index contributed by atoms with van der Waals surface area (Å²) in [6.07, 6.45) is 3.75. The lowest BCUT2D eigenvalue weighted by molar-refractivity contribution is -0.117. The van der Waals surface area contributed by atoms with Crippen molar-refractivity contribution >= 4 is 17.9 Å². The largest absolute Gasteiger partial charge is 0.394 e. The van der Waals surface area contributed by atoms with E-state index in [0.717, 1.165) is 5.56 Å². The standard InChI is InChI=1S/C15H20N2O3/c1-3-13(10-18)17-14(19)9-6-11-4-7-12(8-5-11)15(20)16-2/h4-9,13,18H,3,10H2,1-2H3,(H,16,20)(H,17,19)/b9-6+.